The summed E-state index contributed by atoms with van der Waals surface area (Å²) in [7, 11) is 0. The molecule has 0 aromatic carbocycles. The monoisotopic (exact) mass is 1140 g/mol. The number of nitrogens with one attached hydrogen (secondary N) is 1. The van der Waals surface area contributed by atoms with Crippen molar-refractivity contribution in [3.8, 4) is 0 Å². The third-order valence-electron chi connectivity index (χ3n) is 17.2. The number of carbonyl (C=O) groups is 2. The molecule has 2 unspecified atom stereocenters. The van der Waals surface area contributed by atoms with Crippen molar-refractivity contribution in [2.75, 3.05) is 13.2 Å². The Morgan fingerprint density at radius 3 is 0.963 bits per heavy atom. The molecule has 0 aliphatic carbocycles. The largest absolute Gasteiger partial charge is 0.466 e. The molecular weight excluding hydrogens is 995 g/mol. The highest BCUT2D eigenvalue weighted by molar-refractivity contribution is 5.76. The zero-order valence-corrected chi connectivity index (χ0v) is 54.8. The summed E-state index contributed by atoms with van der Waals surface area (Å²) < 4.78 is 5.50. The molecule has 81 heavy (non-hydrogen) atoms. The Labute approximate surface area is 506 Å². The lowest BCUT2D eigenvalue weighted by atomic mass is 10.0. The van der Waals surface area contributed by atoms with Crippen LogP contribution in [0.15, 0.2) is 36.5 Å². The van der Waals surface area contributed by atoms with Gasteiger partial charge in [0.25, 0.3) is 0 Å². The number of aliphatic hydroxyl groups is 2. The van der Waals surface area contributed by atoms with Crippen LogP contribution in [-0.4, -0.2) is 47.4 Å². The van der Waals surface area contributed by atoms with Crippen molar-refractivity contribution in [2.24, 2.45) is 0 Å². The summed E-state index contributed by atoms with van der Waals surface area (Å²) in [6, 6.07) is -0.629. The van der Waals surface area contributed by atoms with Crippen molar-refractivity contribution in [3.05, 3.63) is 36.5 Å². The van der Waals surface area contributed by atoms with E-state index in [2.05, 4.69) is 43.5 Å². The molecule has 0 heterocycles. The molecule has 0 bridgehead atoms. The quantitative estimate of drug-likeness (QED) is 0.0320. The van der Waals surface area contributed by atoms with Crippen LogP contribution in [0.1, 0.15) is 406 Å². The third kappa shape index (κ3) is 67.1. The predicted octanol–water partition coefficient (Wildman–Crippen LogP) is 23.9. The van der Waals surface area contributed by atoms with Crippen LogP contribution < -0.4 is 5.32 Å². The average molecular weight is 1140 g/mol. The summed E-state index contributed by atoms with van der Waals surface area (Å²) in [5.41, 5.74) is 0. The standard InChI is InChI=1S/C75H143NO5/c1-3-5-7-9-11-13-15-17-19-21-22-23-26-29-32-36-39-43-47-51-55-59-63-67-73(78)72(71-77)76-74(79)68-64-60-56-52-48-44-40-37-33-30-27-24-25-28-31-34-38-42-46-50-54-58-62-66-70-81-75(80)69-65-61-57-53-49-45-41-35-20-18-16-14-12-10-8-6-4-2/h12,14,18,20,63,67,72-73,77-78H,3-11,13,15-17,19,21-62,64-66,68-71H2,1-2H3,(H,76,79)/b14-12-,20-18-,67-63+. The molecule has 0 fully saturated rings. The molecule has 1 amide bonds. The number of hydrogen-bond donors (Lipinski definition) is 3. The highest BCUT2D eigenvalue weighted by atomic mass is 16.5. The van der Waals surface area contributed by atoms with Gasteiger partial charge in [-0.2, -0.15) is 0 Å². The molecule has 3 N–H and O–H groups in total. The second kappa shape index (κ2) is 70.6. The Hall–Kier alpha value is -1.92. The van der Waals surface area contributed by atoms with Gasteiger partial charge in [-0.1, -0.05) is 365 Å². The van der Waals surface area contributed by atoms with Crippen LogP contribution in [-0.2, 0) is 14.3 Å². The number of carbonyl (C=O) groups excluding carboxylic acids is 2. The Kier molecular flexibility index (Phi) is 68.9. The average Bonchev–Trinajstić information content (AvgIpc) is 3.47. The Morgan fingerprint density at radius 1 is 0.346 bits per heavy atom. The van der Waals surface area contributed by atoms with Gasteiger partial charge in [0.15, 0.2) is 0 Å². The van der Waals surface area contributed by atoms with Crippen molar-refractivity contribution >= 4 is 11.9 Å². The molecule has 0 saturated carbocycles. The highest BCUT2D eigenvalue weighted by Crippen LogP contribution is 2.19. The smallest absolute Gasteiger partial charge is 0.305 e. The van der Waals surface area contributed by atoms with E-state index in [1.54, 1.807) is 6.08 Å². The number of ether oxygens (including phenoxy) is 1. The Balaban J connectivity index is 3.39. The van der Waals surface area contributed by atoms with Crippen LogP contribution >= 0.6 is 0 Å². The van der Waals surface area contributed by atoms with Crippen LogP contribution in [0.3, 0.4) is 0 Å². The molecule has 0 spiro atoms. The highest BCUT2D eigenvalue weighted by Gasteiger charge is 2.18. The molecule has 0 aliphatic heterocycles. The Morgan fingerprint density at radius 2 is 0.617 bits per heavy atom. The summed E-state index contributed by atoms with van der Waals surface area (Å²) in [5.74, 6) is -0.0547. The summed E-state index contributed by atoms with van der Waals surface area (Å²) in [6.07, 6.45) is 90.8. The first kappa shape index (κ1) is 79.1. The van der Waals surface area contributed by atoms with E-state index >= 15 is 0 Å². The molecule has 478 valence electrons. The Bertz CT molecular complexity index is 1310. The predicted molar refractivity (Wildman–Crippen MR) is 356 cm³/mol. The van der Waals surface area contributed by atoms with Crippen molar-refractivity contribution in [1.29, 1.82) is 0 Å². The fraction of sp³-hybridized carbons (Fsp3) is 0.893. The first-order valence-corrected chi connectivity index (χ1v) is 36.8. The number of unbranched alkanes of at least 4 members (excludes halogenated alkanes) is 54. The number of allylic oxidation sites excluding steroid dienone is 5. The number of amides is 1. The van der Waals surface area contributed by atoms with E-state index in [9.17, 15) is 19.8 Å². The van der Waals surface area contributed by atoms with E-state index < -0.39 is 12.1 Å². The summed E-state index contributed by atoms with van der Waals surface area (Å²) in [5, 5.41) is 23.3. The molecule has 6 heteroatoms. The van der Waals surface area contributed by atoms with E-state index in [0.29, 0.717) is 19.4 Å². The molecule has 0 aromatic rings. The molecule has 0 saturated heterocycles. The normalized spacial score (nSPS) is 12.7. The van der Waals surface area contributed by atoms with E-state index in [0.717, 1.165) is 51.4 Å². The minimum atomic E-state index is -0.845. The molecule has 6 nitrogen and oxygen atoms in total. The number of esters is 1. The molecule has 0 aromatic heterocycles. The van der Waals surface area contributed by atoms with Crippen LogP contribution in [0.4, 0.5) is 0 Å². The van der Waals surface area contributed by atoms with Crippen LogP contribution in [0, 0.1) is 0 Å². The van der Waals surface area contributed by atoms with E-state index in [-0.39, 0.29) is 18.5 Å². The van der Waals surface area contributed by atoms with Crippen molar-refractivity contribution in [1.82, 2.24) is 5.32 Å². The van der Waals surface area contributed by atoms with Crippen molar-refractivity contribution in [2.45, 2.75) is 418 Å². The maximum Gasteiger partial charge on any atom is 0.305 e. The van der Waals surface area contributed by atoms with Crippen molar-refractivity contribution in [3.63, 3.8) is 0 Å². The first-order chi connectivity index (χ1) is 40.0. The van der Waals surface area contributed by atoms with Gasteiger partial charge in [-0.25, -0.2) is 0 Å². The van der Waals surface area contributed by atoms with E-state index in [4.69, 9.17) is 4.74 Å². The number of hydrogen-bond acceptors (Lipinski definition) is 5. The van der Waals surface area contributed by atoms with Gasteiger partial charge in [0.2, 0.25) is 5.91 Å². The first-order valence-electron chi connectivity index (χ1n) is 36.8. The van der Waals surface area contributed by atoms with Gasteiger partial charge in [0, 0.05) is 12.8 Å². The second-order valence-corrected chi connectivity index (χ2v) is 25.3. The number of aliphatic hydroxyl groups excluding tert-OH is 2. The number of rotatable bonds is 69. The van der Waals surface area contributed by atoms with Gasteiger partial charge < -0.3 is 20.3 Å². The molecular formula is C75H143NO5. The zero-order chi connectivity index (χ0) is 58.5. The minimum Gasteiger partial charge on any atom is -0.466 e. The molecule has 2 atom stereocenters. The zero-order valence-electron chi connectivity index (χ0n) is 54.8. The molecule has 0 rings (SSSR count). The van der Waals surface area contributed by atoms with Gasteiger partial charge in [-0.05, 0) is 64.2 Å². The topological polar surface area (TPSA) is 95.9 Å². The molecule has 0 aliphatic rings. The van der Waals surface area contributed by atoms with E-state index in [1.165, 1.54) is 327 Å². The van der Waals surface area contributed by atoms with Gasteiger partial charge in [0.1, 0.15) is 0 Å². The fourth-order valence-corrected chi connectivity index (χ4v) is 11.6. The lowest BCUT2D eigenvalue weighted by molar-refractivity contribution is -0.143. The summed E-state index contributed by atoms with van der Waals surface area (Å²) >= 11 is 0. The second-order valence-electron chi connectivity index (χ2n) is 25.3. The van der Waals surface area contributed by atoms with Crippen molar-refractivity contribution < 1.29 is 24.5 Å². The maximum atomic E-state index is 12.5. The fourth-order valence-electron chi connectivity index (χ4n) is 11.6. The SMILES string of the molecule is CCCCC/C=C\C/C=C\CCCCCCCCCC(=O)OCCCCCCCCCCCCCCCCCCCCCCCCCCC(=O)NC(CO)C(O)/C=C/CCCCCCCCCCCCCCCCCCCCCCC. The molecule has 0 radical (unpaired) electrons. The van der Waals surface area contributed by atoms with Gasteiger partial charge in [-0.3, -0.25) is 9.59 Å². The van der Waals surface area contributed by atoms with Crippen LogP contribution in [0.25, 0.3) is 0 Å². The van der Waals surface area contributed by atoms with Crippen LogP contribution in [0.2, 0.25) is 0 Å². The van der Waals surface area contributed by atoms with Crippen LogP contribution in [0.5, 0.6) is 0 Å². The van der Waals surface area contributed by atoms with Gasteiger partial charge in [0.05, 0.1) is 25.4 Å². The summed E-state index contributed by atoms with van der Waals surface area (Å²) in [6.45, 7) is 4.91. The van der Waals surface area contributed by atoms with Gasteiger partial charge >= 0.3 is 5.97 Å². The summed E-state index contributed by atoms with van der Waals surface area (Å²) in [4.78, 5) is 24.6. The third-order valence-corrected chi connectivity index (χ3v) is 17.2. The lowest BCUT2D eigenvalue weighted by Crippen LogP contribution is -2.45. The minimum absolute atomic E-state index is 0.00792. The lowest BCUT2D eigenvalue weighted by Gasteiger charge is -2.20. The van der Waals surface area contributed by atoms with E-state index in [1.807, 2.05) is 6.08 Å². The van der Waals surface area contributed by atoms with Gasteiger partial charge in [-0.15, -0.1) is 0 Å². The maximum absolute atomic E-state index is 12.5.